The lowest BCUT2D eigenvalue weighted by Crippen LogP contribution is -2.48. The third-order valence-corrected chi connectivity index (χ3v) is 5.02. The maximum atomic E-state index is 14.7. The molecule has 0 bridgehead atoms. The number of fused-ring (bicyclic) bond motifs is 1. The highest BCUT2D eigenvalue weighted by Gasteiger charge is 2.37. The van der Waals surface area contributed by atoms with Gasteiger partial charge in [-0.3, -0.25) is 4.79 Å². The van der Waals surface area contributed by atoms with Gasteiger partial charge in [-0.15, -0.1) is 13.2 Å². The van der Waals surface area contributed by atoms with E-state index in [-0.39, 0.29) is 36.9 Å². The number of hydrogen-bond donors (Lipinski definition) is 1. The van der Waals surface area contributed by atoms with Crippen LogP contribution in [-0.2, 0) is 11.4 Å². The first-order chi connectivity index (χ1) is 15.1. The molecule has 12 heteroatoms. The average Bonchev–Trinajstić information content (AvgIpc) is 3.05. The molecule has 0 radical (unpaired) electrons. The molecular weight excluding hydrogens is 439 g/mol. The Labute approximate surface area is 177 Å². The molecule has 1 saturated heterocycles. The molecule has 0 saturated carbocycles. The summed E-state index contributed by atoms with van der Waals surface area (Å²) < 4.78 is 69.9. The number of rotatable bonds is 5. The summed E-state index contributed by atoms with van der Waals surface area (Å²) in [6.07, 6.45) is -3.60. The van der Waals surface area contributed by atoms with Gasteiger partial charge in [-0.2, -0.15) is 5.10 Å². The van der Waals surface area contributed by atoms with Gasteiger partial charge in [0.25, 0.3) is 5.91 Å². The predicted molar refractivity (Wildman–Crippen MR) is 101 cm³/mol. The van der Waals surface area contributed by atoms with Crippen LogP contribution in [0, 0.1) is 5.82 Å². The molecule has 7 nitrogen and oxygen atoms in total. The van der Waals surface area contributed by atoms with E-state index in [4.69, 9.17) is 0 Å². The van der Waals surface area contributed by atoms with Gasteiger partial charge in [0, 0.05) is 36.7 Å². The number of halogens is 5. The first-order valence-electron chi connectivity index (χ1n) is 9.25. The summed E-state index contributed by atoms with van der Waals surface area (Å²) in [4.78, 5) is 17.1. The number of aliphatic hydroxyl groups is 1. The molecule has 0 unspecified atom stereocenters. The minimum Gasteiger partial charge on any atom is -0.406 e. The fraction of sp³-hybridized carbons (Fsp3) is 0.250. The van der Waals surface area contributed by atoms with Gasteiger partial charge < -0.3 is 14.7 Å². The van der Waals surface area contributed by atoms with E-state index in [0.29, 0.717) is 22.7 Å². The Bertz CT molecular complexity index is 1220. The van der Waals surface area contributed by atoms with E-state index in [1.807, 2.05) is 0 Å². The Morgan fingerprint density at radius 2 is 2.00 bits per heavy atom. The number of pyridine rings is 1. The number of carbonyl (C=O) groups excluding carboxylic acids is 1. The van der Waals surface area contributed by atoms with Gasteiger partial charge in [0.15, 0.2) is 17.3 Å². The van der Waals surface area contributed by atoms with Crippen molar-refractivity contribution >= 4 is 16.9 Å². The second-order valence-corrected chi connectivity index (χ2v) is 7.10. The zero-order valence-electron chi connectivity index (χ0n) is 16.2. The van der Waals surface area contributed by atoms with E-state index in [9.17, 15) is 31.9 Å². The maximum absolute atomic E-state index is 14.7. The van der Waals surface area contributed by atoms with Crippen LogP contribution in [0.25, 0.3) is 16.7 Å². The van der Waals surface area contributed by atoms with Crippen molar-refractivity contribution in [1.82, 2.24) is 19.7 Å². The van der Waals surface area contributed by atoms with Gasteiger partial charge in [0.1, 0.15) is 11.4 Å². The predicted octanol–water partition coefficient (Wildman–Crippen LogP) is 3.36. The zero-order chi connectivity index (χ0) is 23.2. The van der Waals surface area contributed by atoms with Crippen LogP contribution in [0.3, 0.4) is 0 Å². The standard InChI is InChI=1S/C20H15F5N4O3/c1-10(21)19(31)28-7-12(8-28)17-16-11(9-30)4-5-26-18(16)29(27-17)15-3-2-13(6-14(15)22)32-20(23,24)25/h2-6,12,30H,1,7-9H2. The van der Waals surface area contributed by atoms with Crippen LogP contribution >= 0.6 is 0 Å². The van der Waals surface area contributed by atoms with Crippen LogP contribution in [0.5, 0.6) is 5.75 Å². The van der Waals surface area contributed by atoms with Crippen molar-refractivity contribution in [1.29, 1.82) is 0 Å². The minimum atomic E-state index is -4.98. The summed E-state index contributed by atoms with van der Waals surface area (Å²) in [6, 6.07) is 4.11. The molecule has 168 valence electrons. The van der Waals surface area contributed by atoms with E-state index in [1.165, 1.54) is 11.1 Å². The van der Waals surface area contributed by atoms with E-state index in [0.717, 1.165) is 16.8 Å². The third-order valence-electron chi connectivity index (χ3n) is 5.02. The second-order valence-electron chi connectivity index (χ2n) is 7.10. The number of benzene rings is 1. The number of alkyl halides is 3. The van der Waals surface area contributed by atoms with E-state index in [1.54, 1.807) is 6.07 Å². The maximum Gasteiger partial charge on any atom is 0.573 e. The smallest absolute Gasteiger partial charge is 0.406 e. The van der Waals surface area contributed by atoms with Crippen LogP contribution in [0.2, 0.25) is 0 Å². The summed E-state index contributed by atoms with van der Waals surface area (Å²) in [5.41, 5.74) is 0.798. The monoisotopic (exact) mass is 454 g/mol. The summed E-state index contributed by atoms with van der Waals surface area (Å²) in [7, 11) is 0. The van der Waals surface area contributed by atoms with Crippen molar-refractivity contribution in [3.63, 3.8) is 0 Å². The van der Waals surface area contributed by atoms with Crippen LogP contribution in [0.15, 0.2) is 42.9 Å². The van der Waals surface area contributed by atoms with Gasteiger partial charge in [-0.25, -0.2) is 18.4 Å². The molecule has 3 heterocycles. The van der Waals surface area contributed by atoms with Crippen molar-refractivity contribution in [2.24, 2.45) is 0 Å². The lowest BCUT2D eigenvalue weighted by atomic mass is 9.93. The van der Waals surface area contributed by atoms with Gasteiger partial charge >= 0.3 is 6.36 Å². The Balaban J connectivity index is 1.76. The van der Waals surface area contributed by atoms with Crippen LogP contribution in [0.1, 0.15) is 17.2 Å². The summed E-state index contributed by atoms with van der Waals surface area (Å²) >= 11 is 0. The van der Waals surface area contributed by atoms with Crippen molar-refractivity contribution in [2.75, 3.05) is 13.1 Å². The lowest BCUT2D eigenvalue weighted by Gasteiger charge is -2.38. The SMILES string of the molecule is C=C(F)C(=O)N1CC(c2nn(-c3ccc(OC(F)(F)F)cc3F)c3nccc(CO)c23)C1. The van der Waals surface area contributed by atoms with Crippen molar-refractivity contribution in [3.05, 3.63) is 59.9 Å². The number of amides is 1. The molecule has 0 aliphatic carbocycles. The van der Waals surface area contributed by atoms with Gasteiger partial charge in [0.05, 0.1) is 12.3 Å². The molecule has 1 fully saturated rings. The Hall–Kier alpha value is -3.54. The number of carbonyl (C=O) groups is 1. The van der Waals surface area contributed by atoms with Crippen molar-refractivity contribution in [3.8, 4) is 11.4 Å². The molecule has 0 spiro atoms. The van der Waals surface area contributed by atoms with Crippen LogP contribution in [0.4, 0.5) is 22.0 Å². The highest BCUT2D eigenvalue weighted by molar-refractivity contribution is 5.92. The van der Waals surface area contributed by atoms with Gasteiger partial charge in [-0.1, -0.05) is 6.58 Å². The number of likely N-dealkylation sites (tertiary alicyclic amines) is 1. The molecule has 1 aliphatic heterocycles. The quantitative estimate of drug-likeness (QED) is 0.473. The Morgan fingerprint density at radius 3 is 2.59 bits per heavy atom. The molecule has 32 heavy (non-hydrogen) atoms. The summed E-state index contributed by atoms with van der Waals surface area (Å²) in [5, 5.41) is 14.5. The average molecular weight is 454 g/mol. The Kier molecular flexibility index (Phi) is 5.33. The molecule has 4 rings (SSSR count). The molecule has 1 amide bonds. The first kappa shape index (κ1) is 21.7. The fourth-order valence-electron chi connectivity index (χ4n) is 3.56. The van der Waals surface area contributed by atoms with Crippen molar-refractivity contribution < 1.29 is 36.6 Å². The number of hydrogen-bond acceptors (Lipinski definition) is 5. The van der Waals surface area contributed by atoms with Crippen LogP contribution in [-0.4, -0.2) is 50.1 Å². The van der Waals surface area contributed by atoms with Gasteiger partial charge in [0.2, 0.25) is 0 Å². The normalized spacial score (nSPS) is 14.5. The van der Waals surface area contributed by atoms with Crippen molar-refractivity contribution in [2.45, 2.75) is 18.9 Å². The van der Waals surface area contributed by atoms with E-state index < -0.39 is 29.7 Å². The van der Waals surface area contributed by atoms with Gasteiger partial charge in [-0.05, 0) is 23.8 Å². The number of aromatic nitrogens is 3. The van der Waals surface area contributed by atoms with E-state index in [2.05, 4.69) is 21.4 Å². The van der Waals surface area contributed by atoms with E-state index >= 15 is 0 Å². The third kappa shape index (κ3) is 3.88. The first-order valence-corrected chi connectivity index (χ1v) is 9.25. The highest BCUT2D eigenvalue weighted by Crippen LogP contribution is 2.35. The minimum absolute atomic E-state index is 0.120. The summed E-state index contributed by atoms with van der Waals surface area (Å²) in [5.74, 6) is -4.08. The zero-order valence-corrected chi connectivity index (χ0v) is 16.2. The number of nitrogens with zero attached hydrogens (tertiary/aromatic N) is 4. The topological polar surface area (TPSA) is 80.5 Å². The molecule has 2 aromatic heterocycles. The Morgan fingerprint density at radius 1 is 1.28 bits per heavy atom. The molecule has 3 aromatic rings. The fourth-order valence-corrected chi connectivity index (χ4v) is 3.56. The lowest BCUT2D eigenvalue weighted by molar-refractivity contribution is -0.274. The second kappa shape index (κ2) is 7.86. The molecule has 0 atom stereocenters. The molecule has 1 N–H and O–H groups in total. The summed E-state index contributed by atoms with van der Waals surface area (Å²) in [6.45, 7) is 2.83. The number of aliphatic hydroxyl groups excluding tert-OH is 1. The molecular formula is C20H15F5N4O3. The molecule has 1 aliphatic rings. The highest BCUT2D eigenvalue weighted by atomic mass is 19.4. The number of ether oxygens (including phenoxy) is 1. The molecule has 1 aromatic carbocycles. The van der Waals surface area contributed by atoms with Crippen LogP contribution < -0.4 is 4.74 Å². The largest absolute Gasteiger partial charge is 0.573 e.